The van der Waals surface area contributed by atoms with E-state index in [0.29, 0.717) is 16.7 Å². The number of aryl methyl sites for hydroxylation is 1. The van der Waals surface area contributed by atoms with Gasteiger partial charge in [0, 0.05) is 4.90 Å². The second-order valence-electron chi connectivity index (χ2n) is 3.59. The number of benzene rings is 1. The number of carbonyl (C=O) groups is 1. The van der Waals surface area contributed by atoms with Crippen LogP contribution >= 0.6 is 11.8 Å². The third-order valence-electron chi connectivity index (χ3n) is 2.09. The molecule has 0 heterocycles. The van der Waals surface area contributed by atoms with E-state index < -0.39 is 17.4 Å². The smallest absolute Gasteiger partial charge is 0.382 e. The molecule has 1 unspecified atom stereocenters. The van der Waals surface area contributed by atoms with Gasteiger partial charge in [-0.1, -0.05) is 29.5 Å². The highest BCUT2D eigenvalue weighted by Gasteiger charge is 2.50. The first-order chi connectivity index (χ1) is 8.37. The molecule has 0 N–H and O–H groups in total. The van der Waals surface area contributed by atoms with Crippen LogP contribution in [0.2, 0.25) is 0 Å². The molecule has 0 aliphatic heterocycles. The van der Waals surface area contributed by atoms with Crippen molar-refractivity contribution in [3.63, 3.8) is 0 Å². The predicted octanol–water partition coefficient (Wildman–Crippen LogP) is 3.58. The van der Waals surface area contributed by atoms with Gasteiger partial charge in [-0.05, 0) is 26.0 Å². The summed E-state index contributed by atoms with van der Waals surface area (Å²) in [5.41, 5.74) is -1.73. The van der Waals surface area contributed by atoms with Crippen LogP contribution in [0, 0.1) is 6.92 Å². The number of hydrogen-bond acceptors (Lipinski definition) is 3. The van der Waals surface area contributed by atoms with E-state index in [0.717, 1.165) is 5.56 Å². The van der Waals surface area contributed by atoms with Crippen LogP contribution in [0.1, 0.15) is 12.5 Å². The topological polar surface area (TPSA) is 26.3 Å². The van der Waals surface area contributed by atoms with Gasteiger partial charge in [-0.3, -0.25) is 0 Å². The van der Waals surface area contributed by atoms with E-state index in [4.69, 9.17) is 0 Å². The number of rotatable bonds is 5. The highest BCUT2D eigenvalue weighted by molar-refractivity contribution is 7.99. The zero-order valence-corrected chi connectivity index (χ0v) is 10.8. The maximum Gasteiger partial charge on any atom is 0.382 e. The van der Waals surface area contributed by atoms with Crippen molar-refractivity contribution in [2.24, 2.45) is 0 Å². The van der Waals surface area contributed by atoms with Crippen LogP contribution in [0.15, 0.2) is 29.2 Å². The molecule has 0 spiro atoms. The summed E-state index contributed by atoms with van der Waals surface area (Å²) in [6, 6.07) is 6.40. The number of alkyl halides is 3. The Bertz CT molecular complexity index is 406. The van der Waals surface area contributed by atoms with Gasteiger partial charge < -0.3 is 4.74 Å². The summed E-state index contributed by atoms with van der Waals surface area (Å²) in [5, 5.41) is 0. The summed E-state index contributed by atoms with van der Waals surface area (Å²) in [6.45, 7) is 3.00. The first kappa shape index (κ1) is 14.9. The van der Waals surface area contributed by atoms with Crippen LogP contribution in [0.25, 0.3) is 0 Å². The summed E-state index contributed by atoms with van der Waals surface area (Å²) in [5.74, 6) is -5.98. The van der Waals surface area contributed by atoms with E-state index in [2.05, 4.69) is 4.74 Å². The molecule has 0 radical (unpaired) electrons. The van der Waals surface area contributed by atoms with Crippen molar-refractivity contribution in [3.8, 4) is 0 Å². The Morgan fingerprint density at radius 3 is 2.44 bits per heavy atom. The molecule has 1 aromatic rings. The Morgan fingerprint density at radius 2 is 1.94 bits per heavy atom. The van der Waals surface area contributed by atoms with Gasteiger partial charge in [-0.25, -0.2) is 9.18 Å². The van der Waals surface area contributed by atoms with Gasteiger partial charge in [0.2, 0.25) is 5.50 Å². The van der Waals surface area contributed by atoms with Crippen molar-refractivity contribution in [1.29, 1.82) is 0 Å². The minimum absolute atomic E-state index is 0.212. The van der Waals surface area contributed by atoms with E-state index in [1.165, 1.54) is 19.1 Å². The molecule has 1 aromatic carbocycles. The van der Waals surface area contributed by atoms with Crippen LogP contribution in [-0.4, -0.2) is 24.0 Å². The monoisotopic (exact) mass is 278 g/mol. The first-order valence-electron chi connectivity index (χ1n) is 5.30. The van der Waals surface area contributed by atoms with Crippen molar-refractivity contribution < 1.29 is 22.7 Å². The van der Waals surface area contributed by atoms with E-state index in [1.54, 1.807) is 12.1 Å². The molecule has 0 aliphatic rings. The normalized spacial score (nSPS) is 13.2. The Hall–Kier alpha value is -1.17. The zero-order valence-electron chi connectivity index (χ0n) is 9.95. The number of carbonyl (C=O) groups excluding carboxylic acids is 1. The minimum Gasteiger partial charge on any atom is -0.461 e. The summed E-state index contributed by atoms with van der Waals surface area (Å²) >= 11 is 0.296. The van der Waals surface area contributed by atoms with Crippen molar-refractivity contribution in [3.05, 3.63) is 29.8 Å². The van der Waals surface area contributed by atoms with E-state index in [9.17, 15) is 18.0 Å². The second-order valence-corrected chi connectivity index (χ2v) is 4.71. The summed E-state index contributed by atoms with van der Waals surface area (Å²) in [7, 11) is 0. The van der Waals surface area contributed by atoms with Crippen molar-refractivity contribution in [2.45, 2.75) is 30.2 Å². The van der Waals surface area contributed by atoms with Crippen molar-refractivity contribution in [1.82, 2.24) is 0 Å². The lowest BCUT2D eigenvalue weighted by molar-refractivity contribution is -0.175. The number of halogens is 3. The number of esters is 1. The maximum absolute atomic E-state index is 13.5. The molecule has 18 heavy (non-hydrogen) atoms. The first-order valence-corrected chi connectivity index (χ1v) is 6.18. The fourth-order valence-corrected chi connectivity index (χ4v) is 1.91. The lowest BCUT2D eigenvalue weighted by Crippen LogP contribution is -2.38. The molecular weight excluding hydrogens is 265 g/mol. The highest BCUT2D eigenvalue weighted by atomic mass is 32.2. The van der Waals surface area contributed by atoms with Gasteiger partial charge in [0.25, 0.3) is 0 Å². The summed E-state index contributed by atoms with van der Waals surface area (Å²) in [4.78, 5) is 11.3. The number of hydrogen-bond donors (Lipinski definition) is 0. The van der Waals surface area contributed by atoms with Crippen molar-refractivity contribution >= 4 is 17.7 Å². The minimum atomic E-state index is -4.15. The molecule has 0 fully saturated rings. The maximum atomic E-state index is 13.5. The Morgan fingerprint density at radius 1 is 1.39 bits per heavy atom. The highest BCUT2D eigenvalue weighted by Crippen LogP contribution is 2.36. The van der Waals surface area contributed by atoms with Gasteiger partial charge in [-0.15, -0.1) is 0 Å². The fourth-order valence-electron chi connectivity index (χ4n) is 1.13. The Kier molecular flexibility index (Phi) is 5.07. The van der Waals surface area contributed by atoms with Crippen LogP contribution in [0.5, 0.6) is 0 Å². The molecule has 1 rings (SSSR count). The molecule has 0 aliphatic carbocycles. The number of ether oxygens (including phenoxy) is 1. The Labute approximate surface area is 108 Å². The van der Waals surface area contributed by atoms with E-state index in [1.807, 2.05) is 6.92 Å². The lowest BCUT2D eigenvalue weighted by atomic mass is 10.2. The van der Waals surface area contributed by atoms with Gasteiger partial charge in [-0.2, -0.15) is 8.78 Å². The molecule has 2 nitrogen and oxygen atoms in total. The molecule has 6 heteroatoms. The van der Waals surface area contributed by atoms with Gasteiger partial charge in [0.1, 0.15) is 0 Å². The molecule has 1 atom stereocenters. The Balaban J connectivity index is 2.72. The lowest BCUT2D eigenvalue weighted by Gasteiger charge is -2.18. The van der Waals surface area contributed by atoms with Gasteiger partial charge in [0.15, 0.2) is 0 Å². The predicted molar refractivity (Wildman–Crippen MR) is 63.5 cm³/mol. The standard InChI is InChI=1S/C12H13F3O2S/c1-3-17-11(16)12(14,15)10(13)18-9-6-4-8(2)5-7-9/h4-7,10H,3H2,1-2H3. The van der Waals surface area contributed by atoms with Crippen LogP contribution in [0.4, 0.5) is 13.2 Å². The third-order valence-corrected chi connectivity index (χ3v) is 3.14. The average Bonchev–Trinajstić information content (AvgIpc) is 2.32. The molecular formula is C12H13F3O2S. The SMILES string of the molecule is CCOC(=O)C(F)(F)C(F)Sc1ccc(C)cc1. The van der Waals surface area contributed by atoms with Gasteiger partial charge in [0.05, 0.1) is 6.61 Å². The summed E-state index contributed by atoms with van der Waals surface area (Å²) < 4.78 is 44.2. The molecule has 0 amide bonds. The average molecular weight is 278 g/mol. The fraction of sp³-hybridized carbons (Fsp3) is 0.417. The van der Waals surface area contributed by atoms with Crippen molar-refractivity contribution in [2.75, 3.05) is 6.61 Å². The largest absolute Gasteiger partial charge is 0.461 e. The zero-order chi connectivity index (χ0) is 13.8. The quantitative estimate of drug-likeness (QED) is 0.608. The molecule has 0 saturated heterocycles. The van der Waals surface area contributed by atoms with Crippen LogP contribution in [-0.2, 0) is 9.53 Å². The van der Waals surface area contributed by atoms with Crippen LogP contribution in [0.3, 0.4) is 0 Å². The second kappa shape index (κ2) is 6.13. The molecule has 0 aromatic heterocycles. The summed E-state index contributed by atoms with van der Waals surface area (Å²) in [6.07, 6.45) is 0. The van der Waals surface area contributed by atoms with E-state index >= 15 is 0 Å². The van der Waals surface area contributed by atoms with Gasteiger partial charge >= 0.3 is 11.9 Å². The third kappa shape index (κ3) is 3.66. The number of thioether (sulfide) groups is 1. The van der Waals surface area contributed by atoms with Crippen LogP contribution < -0.4 is 0 Å². The molecule has 0 bridgehead atoms. The van der Waals surface area contributed by atoms with E-state index in [-0.39, 0.29) is 6.61 Å². The molecule has 100 valence electrons. The molecule has 0 saturated carbocycles.